The van der Waals surface area contributed by atoms with E-state index in [4.69, 9.17) is 14.2 Å². The fourth-order valence-corrected chi connectivity index (χ4v) is 3.19. The maximum absolute atomic E-state index is 5.96. The molecule has 0 radical (unpaired) electrons. The van der Waals surface area contributed by atoms with E-state index in [1.807, 2.05) is 0 Å². The van der Waals surface area contributed by atoms with Gasteiger partial charge in [-0.05, 0) is 26.1 Å². The van der Waals surface area contributed by atoms with E-state index in [-0.39, 0.29) is 12.2 Å². The smallest absolute Gasteiger partial charge is 0.127 e. The topological polar surface area (TPSA) is 43.0 Å². The lowest BCUT2D eigenvalue weighted by Gasteiger charge is -2.30. The highest BCUT2D eigenvalue weighted by Crippen LogP contribution is 2.36. The van der Waals surface area contributed by atoms with Crippen LogP contribution in [0, 0.1) is 0 Å². The summed E-state index contributed by atoms with van der Waals surface area (Å²) in [5, 5.41) is 3.50. The van der Waals surface area contributed by atoms with Crippen LogP contribution in [0.25, 0.3) is 0 Å². The number of fused-ring (bicyclic) bond motifs is 1. The van der Waals surface area contributed by atoms with Gasteiger partial charge in [0.05, 0.1) is 19.8 Å². The molecular formula is C17H26N2O3. The first-order valence-corrected chi connectivity index (χ1v) is 8.03. The summed E-state index contributed by atoms with van der Waals surface area (Å²) in [6.45, 7) is 6.55. The lowest BCUT2D eigenvalue weighted by molar-refractivity contribution is -0.0182. The summed E-state index contributed by atoms with van der Waals surface area (Å²) in [4.78, 5) is 2.31. The van der Waals surface area contributed by atoms with E-state index in [1.165, 1.54) is 11.1 Å². The maximum Gasteiger partial charge on any atom is 0.127 e. The summed E-state index contributed by atoms with van der Waals surface area (Å²) in [5.41, 5.74) is 2.42. The van der Waals surface area contributed by atoms with Crippen LogP contribution in [0.3, 0.4) is 0 Å². The van der Waals surface area contributed by atoms with Crippen molar-refractivity contribution in [3.8, 4) is 11.5 Å². The van der Waals surface area contributed by atoms with Crippen LogP contribution in [0.5, 0.6) is 11.5 Å². The van der Waals surface area contributed by atoms with Crippen LogP contribution >= 0.6 is 0 Å². The largest absolute Gasteiger partial charge is 0.497 e. The number of hydrogen-bond acceptors (Lipinski definition) is 5. The zero-order chi connectivity index (χ0) is 15.5. The van der Waals surface area contributed by atoms with Crippen LogP contribution in [-0.2, 0) is 17.7 Å². The molecule has 1 aromatic rings. The van der Waals surface area contributed by atoms with E-state index < -0.39 is 0 Å². The van der Waals surface area contributed by atoms with Gasteiger partial charge in [-0.15, -0.1) is 0 Å². The minimum absolute atomic E-state index is 0.246. The summed E-state index contributed by atoms with van der Waals surface area (Å²) in [7, 11) is 3.85. The number of nitrogens with zero attached hydrogens (tertiary/aromatic N) is 1. The Labute approximate surface area is 132 Å². The van der Waals surface area contributed by atoms with Gasteiger partial charge in [-0.25, -0.2) is 0 Å². The third-order valence-electron chi connectivity index (χ3n) is 4.31. The molecule has 0 bridgehead atoms. The molecule has 0 unspecified atom stereocenters. The maximum atomic E-state index is 5.96. The molecule has 2 aliphatic rings. The quantitative estimate of drug-likeness (QED) is 0.892. The second-order valence-corrected chi connectivity index (χ2v) is 6.29. The van der Waals surface area contributed by atoms with Crippen LogP contribution in [0.1, 0.15) is 18.1 Å². The monoisotopic (exact) mass is 306 g/mol. The Morgan fingerprint density at radius 1 is 1.41 bits per heavy atom. The van der Waals surface area contributed by atoms with Gasteiger partial charge in [0.25, 0.3) is 0 Å². The molecule has 3 rings (SSSR count). The van der Waals surface area contributed by atoms with Crippen LogP contribution in [0.2, 0.25) is 0 Å². The highest BCUT2D eigenvalue weighted by Gasteiger charge is 2.24. The Morgan fingerprint density at radius 3 is 3.05 bits per heavy atom. The predicted molar refractivity (Wildman–Crippen MR) is 85.7 cm³/mol. The highest BCUT2D eigenvalue weighted by molar-refractivity contribution is 5.49. The van der Waals surface area contributed by atoms with Gasteiger partial charge >= 0.3 is 0 Å². The van der Waals surface area contributed by atoms with Crippen LogP contribution in [0.4, 0.5) is 0 Å². The van der Waals surface area contributed by atoms with E-state index in [2.05, 4.69) is 36.3 Å². The Balaban J connectivity index is 1.61. The molecule has 2 heterocycles. The molecule has 1 aromatic carbocycles. The van der Waals surface area contributed by atoms with Crippen LogP contribution in [0.15, 0.2) is 12.1 Å². The third-order valence-corrected chi connectivity index (χ3v) is 4.31. The first kappa shape index (κ1) is 15.6. The average Bonchev–Trinajstić information content (AvgIpc) is 2.87. The molecule has 122 valence electrons. The molecule has 1 N–H and O–H groups in total. The molecule has 0 saturated carbocycles. The molecule has 5 heteroatoms. The fourth-order valence-electron chi connectivity index (χ4n) is 3.19. The normalized spacial score (nSPS) is 24.9. The standard InChI is InChI=1S/C17H26N2O3/c1-12-6-13-7-15(20-3)8-14(17(13)22-12)9-18-10-16-11-19(2)4-5-21-16/h7-8,12,16,18H,4-6,9-11H2,1-3H3/t12-,16-/m0/s1. The van der Waals surface area contributed by atoms with Crippen molar-refractivity contribution in [2.45, 2.75) is 32.1 Å². The van der Waals surface area contributed by atoms with Gasteiger partial charge in [-0.3, -0.25) is 0 Å². The Kier molecular flexibility index (Phi) is 4.86. The first-order valence-electron chi connectivity index (χ1n) is 8.03. The van der Waals surface area contributed by atoms with Crippen molar-refractivity contribution >= 4 is 0 Å². The SMILES string of the molecule is COc1cc(CNC[C@H]2CN(C)CCO2)c2c(c1)C[C@H](C)O2. The van der Waals surface area contributed by atoms with Crippen molar-refractivity contribution in [2.75, 3.05) is 40.4 Å². The summed E-state index contributed by atoms with van der Waals surface area (Å²) in [6.07, 6.45) is 1.46. The Morgan fingerprint density at radius 2 is 2.27 bits per heavy atom. The molecule has 0 amide bonds. The number of nitrogens with one attached hydrogen (secondary N) is 1. The van der Waals surface area contributed by atoms with Crippen molar-refractivity contribution in [1.82, 2.24) is 10.2 Å². The lowest BCUT2D eigenvalue weighted by Crippen LogP contribution is -2.44. The molecule has 2 aliphatic heterocycles. The van der Waals surface area contributed by atoms with Crippen molar-refractivity contribution in [1.29, 1.82) is 0 Å². The second kappa shape index (κ2) is 6.86. The Bertz CT molecular complexity index is 521. The molecular weight excluding hydrogens is 280 g/mol. The zero-order valence-corrected chi connectivity index (χ0v) is 13.7. The molecule has 1 fully saturated rings. The third kappa shape index (κ3) is 3.54. The van der Waals surface area contributed by atoms with E-state index in [1.54, 1.807) is 7.11 Å². The van der Waals surface area contributed by atoms with Crippen molar-refractivity contribution in [3.63, 3.8) is 0 Å². The summed E-state index contributed by atoms with van der Waals surface area (Å²) < 4.78 is 17.2. The van der Waals surface area contributed by atoms with E-state index in [0.29, 0.717) is 0 Å². The summed E-state index contributed by atoms with van der Waals surface area (Å²) in [6, 6.07) is 4.15. The molecule has 0 spiro atoms. The molecule has 1 saturated heterocycles. The van der Waals surface area contributed by atoms with Crippen molar-refractivity contribution < 1.29 is 14.2 Å². The first-order chi connectivity index (χ1) is 10.7. The minimum Gasteiger partial charge on any atom is -0.497 e. The van der Waals surface area contributed by atoms with Gasteiger partial charge in [0.2, 0.25) is 0 Å². The predicted octanol–water partition coefficient (Wildman–Crippen LogP) is 1.44. The van der Waals surface area contributed by atoms with Gasteiger partial charge < -0.3 is 24.4 Å². The Hall–Kier alpha value is -1.30. The van der Waals surface area contributed by atoms with Crippen molar-refractivity contribution in [2.24, 2.45) is 0 Å². The fraction of sp³-hybridized carbons (Fsp3) is 0.647. The number of benzene rings is 1. The van der Waals surface area contributed by atoms with E-state index in [0.717, 1.165) is 50.7 Å². The molecule has 0 aromatic heterocycles. The number of morpholine rings is 1. The number of ether oxygens (including phenoxy) is 3. The van der Waals surface area contributed by atoms with Crippen molar-refractivity contribution in [3.05, 3.63) is 23.3 Å². The van der Waals surface area contributed by atoms with E-state index >= 15 is 0 Å². The van der Waals surface area contributed by atoms with E-state index in [9.17, 15) is 0 Å². The summed E-state index contributed by atoms with van der Waals surface area (Å²) >= 11 is 0. The van der Waals surface area contributed by atoms with Gasteiger partial charge in [-0.1, -0.05) is 0 Å². The van der Waals surface area contributed by atoms with Crippen LogP contribution < -0.4 is 14.8 Å². The summed E-state index contributed by atoms with van der Waals surface area (Å²) in [5.74, 6) is 1.93. The lowest BCUT2D eigenvalue weighted by atomic mass is 10.1. The number of methoxy groups -OCH3 is 1. The molecule has 5 nitrogen and oxygen atoms in total. The molecule has 0 aliphatic carbocycles. The zero-order valence-electron chi connectivity index (χ0n) is 13.7. The number of hydrogen-bond donors (Lipinski definition) is 1. The average molecular weight is 306 g/mol. The molecule has 2 atom stereocenters. The molecule has 22 heavy (non-hydrogen) atoms. The van der Waals surface area contributed by atoms with Crippen LogP contribution in [-0.4, -0.2) is 57.5 Å². The number of likely N-dealkylation sites (N-methyl/N-ethyl adjacent to an activating group) is 1. The minimum atomic E-state index is 0.246. The van der Waals surface area contributed by atoms with Gasteiger partial charge in [-0.2, -0.15) is 0 Å². The second-order valence-electron chi connectivity index (χ2n) is 6.29. The number of rotatable bonds is 5. The van der Waals surface area contributed by atoms with Gasteiger partial charge in [0.15, 0.2) is 0 Å². The van der Waals surface area contributed by atoms with Gasteiger partial charge in [0.1, 0.15) is 17.6 Å². The van der Waals surface area contributed by atoms with Gasteiger partial charge in [0, 0.05) is 43.7 Å². The highest BCUT2D eigenvalue weighted by atomic mass is 16.5.